The number of aromatic nitrogens is 2. The first-order valence-corrected chi connectivity index (χ1v) is 11.8. The normalized spacial score (nSPS) is 16.4. The van der Waals surface area contributed by atoms with Crippen LogP contribution in [0.2, 0.25) is 0 Å². The maximum atomic E-state index is 11.6. The fraction of sp³-hybridized carbons (Fsp3) is 0.391. The minimum atomic E-state index is -0.192. The van der Waals surface area contributed by atoms with Crippen molar-refractivity contribution in [3.63, 3.8) is 0 Å². The van der Waals surface area contributed by atoms with Gasteiger partial charge in [0.05, 0.1) is 11.8 Å². The van der Waals surface area contributed by atoms with Crippen molar-refractivity contribution in [3.8, 4) is 6.07 Å². The average Bonchev–Trinajstić information content (AvgIpc) is 3.27. The first-order chi connectivity index (χ1) is 14.7. The Morgan fingerprint density at radius 1 is 1.42 bits per heavy atom. The molecule has 1 aliphatic carbocycles. The molecule has 3 heterocycles. The summed E-state index contributed by atoms with van der Waals surface area (Å²) in [5, 5.41) is 11.6. The van der Waals surface area contributed by atoms with Gasteiger partial charge in [-0.3, -0.25) is 4.79 Å². The van der Waals surface area contributed by atoms with Crippen LogP contribution in [0.5, 0.6) is 0 Å². The third-order valence-corrected chi connectivity index (χ3v) is 7.51. The Bertz CT molecular complexity index is 1240. The number of furan rings is 1. The lowest BCUT2D eigenvalue weighted by atomic mass is 9.72. The fourth-order valence-electron chi connectivity index (χ4n) is 3.79. The van der Waals surface area contributed by atoms with Gasteiger partial charge in [-0.1, -0.05) is 20.8 Å². The van der Waals surface area contributed by atoms with Crippen molar-refractivity contribution in [1.29, 1.82) is 5.26 Å². The molecule has 4 rings (SSSR count). The van der Waals surface area contributed by atoms with E-state index in [2.05, 4.69) is 41.8 Å². The van der Waals surface area contributed by atoms with Crippen molar-refractivity contribution in [3.05, 3.63) is 56.0 Å². The van der Waals surface area contributed by atoms with Gasteiger partial charge in [0.2, 0.25) is 0 Å². The van der Waals surface area contributed by atoms with Crippen molar-refractivity contribution in [2.45, 2.75) is 57.2 Å². The van der Waals surface area contributed by atoms with Crippen LogP contribution in [0.15, 0.2) is 42.7 Å². The summed E-state index contributed by atoms with van der Waals surface area (Å²) in [7, 11) is 0. The fourth-order valence-corrected chi connectivity index (χ4v) is 5.82. The molecule has 0 amide bonds. The van der Waals surface area contributed by atoms with Crippen LogP contribution in [-0.2, 0) is 12.8 Å². The molecule has 0 bridgehead atoms. The number of thiophene rings is 1. The predicted octanol–water partition coefficient (Wildman–Crippen LogP) is 5.66. The second kappa shape index (κ2) is 8.48. The van der Waals surface area contributed by atoms with Gasteiger partial charge in [-0.25, -0.2) is 9.98 Å². The third-order valence-electron chi connectivity index (χ3n) is 5.54. The zero-order chi connectivity index (χ0) is 22.2. The molecule has 0 fully saturated rings. The number of nitrogens with one attached hydrogen (secondary N) is 1. The van der Waals surface area contributed by atoms with Crippen molar-refractivity contribution in [2.75, 3.05) is 0 Å². The van der Waals surface area contributed by atoms with Crippen molar-refractivity contribution in [2.24, 2.45) is 16.3 Å². The summed E-state index contributed by atoms with van der Waals surface area (Å²) in [5.74, 6) is 1.20. The van der Waals surface area contributed by atoms with Gasteiger partial charge in [0.1, 0.15) is 16.8 Å². The van der Waals surface area contributed by atoms with E-state index in [1.54, 1.807) is 24.5 Å². The van der Waals surface area contributed by atoms with Gasteiger partial charge >= 0.3 is 0 Å². The van der Waals surface area contributed by atoms with Crippen molar-refractivity contribution >= 4 is 34.3 Å². The first kappa shape index (κ1) is 21.6. The second-order valence-corrected chi connectivity index (χ2v) is 10.9. The number of nitrogens with zero attached hydrogens (tertiary/aromatic N) is 3. The lowest BCUT2D eigenvalue weighted by Gasteiger charge is -2.33. The number of aryl methyl sites for hydroxylation is 1. The standard InChI is InChI=1S/C23H24N4O2S2/c1-13-9-19(28)27-22(26-13)31-20-8-6-15(29-20)12-25-21-17(11-24)16-7-5-14(23(2,3)4)10-18(16)30-21/h6,8-9,12,14H,5,7,10H2,1-4H3,(H,26,27,28)/t14-/m0/s1. The Labute approximate surface area is 189 Å². The molecule has 1 N–H and O–H groups in total. The number of H-pyrrole nitrogens is 1. The van der Waals surface area contributed by atoms with Crippen LogP contribution in [0.25, 0.3) is 0 Å². The highest BCUT2D eigenvalue weighted by atomic mass is 32.2. The average molecular weight is 453 g/mol. The predicted molar refractivity (Wildman–Crippen MR) is 124 cm³/mol. The Balaban J connectivity index is 1.53. The number of fused-ring (bicyclic) bond motifs is 1. The maximum Gasteiger partial charge on any atom is 0.251 e. The molecule has 0 saturated carbocycles. The van der Waals surface area contributed by atoms with Crippen molar-refractivity contribution < 1.29 is 4.42 Å². The van der Waals surface area contributed by atoms with Gasteiger partial charge in [0, 0.05) is 16.6 Å². The molecule has 3 aromatic heterocycles. The molecular formula is C23H24N4O2S2. The molecule has 160 valence electrons. The Morgan fingerprint density at radius 3 is 2.94 bits per heavy atom. The van der Waals surface area contributed by atoms with E-state index >= 15 is 0 Å². The molecule has 0 spiro atoms. The van der Waals surface area contributed by atoms with Gasteiger partial charge in [0.25, 0.3) is 5.56 Å². The molecule has 0 unspecified atom stereocenters. The molecule has 8 heteroatoms. The van der Waals surface area contributed by atoms with Crippen LogP contribution in [0.4, 0.5) is 5.00 Å². The van der Waals surface area contributed by atoms with Gasteiger partial charge in [-0.2, -0.15) is 5.26 Å². The van der Waals surface area contributed by atoms with E-state index in [-0.39, 0.29) is 11.0 Å². The van der Waals surface area contributed by atoms with Crippen LogP contribution in [0, 0.1) is 29.6 Å². The summed E-state index contributed by atoms with van der Waals surface area (Å²) in [6.07, 6.45) is 4.71. The van der Waals surface area contributed by atoms with E-state index in [4.69, 9.17) is 4.42 Å². The van der Waals surface area contributed by atoms with E-state index in [0.29, 0.717) is 33.2 Å². The Kier molecular flexibility index (Phi) is 5.91. The van der Waals surface area contributed by atoms with Crippen molar-refractivity contribution in [1.82, 2.24) is 9.97 Å². The highest BCUT2D eigenvalue weighted by Crippen LogP contribution is 2.44. The maximum absolute atomic E-state index is 11.6. The van der Waals surface area contributed by atoms with E-state index in [9.17, 15) is 10.1 Å². The zero-order valence-electron chi connectivity index (χ0n) is 18.0. The van der Waals surface area contributed by atoms with Gasteiger partial charge in [-0.15, -0.1) is 11.3 Å². The van der Waals surface area contributed by atoms with Gasteiger partial charge in [-0.05, 0) is 67.0 Å². The minimum Gasteiger partial charge on any atom is -0.448 e. The van der Waals surface area contributed by atoms with Crippen LogP contribution < -0.4 is 5.56 Å². The summed E-state index contributed by atoms with van der Waals surface area (Å²) in [4.78, 5) is 24.5. The van der Waals surface area contributed by atoms with Gasteiger partial charge in [0.15, 0.2) is 10.2 Å². The Hall–Kier alpha value is -2.63. The molecule has 1 aliphatic rings. The molecule has 6 nitrogen and oxygen atoms in total. The summed E-state index contributed by atoms with van der Waals surface area (Å²) in [6, 6.07) is 7.43. The van der Waals surface area contributed by atoms with Crippen LogP contribution >= 0.6 is 23.1 Å². The van der Waals surface area contributed by atoms with Crippen LogP contribution in [0.3, 0.4) is 0 Å². The summed E-state index contributed by atoms with van der Waals surface area (Å²) in [6.45, 7) is 8.63. The lowest BCUT2D eigenvalue weighted by Crippen LogP contribution is -2.26. The third kappa shape index (κ3) is 4.83. The molecule has 0 radical (unpaired) electrons. The number of hydrogen-bond donors (Lipinski definition) is 1. The quantitative estimate of drug-likeness (QED) is 0.407. The zero-order valence-corrected chi connectivity index (χ0v) is 19.6. The molecule has 0 aliphatic heterocycles. The van der Waals surface area contributed by atoms with E-state index in [0.717, 1.165) is 24.3 Å². The Morgan fingerprint density at radius 2 is 2.23 bits per heavy atom. The number of rotatable bonds is 4. The molecule has 1 atom stereocenters. The number of hydrogen-bond acceptors (Lipinski definition) is 7. The lowest BCUT2D eigenvalue weighted by molar-refractivity contribution is 0.218. The molecule has 0 saturated heterocycles. The van der Waals surface area contributed by atoms with Crippen LogP contribution in [-0.4, -0.2) is 16.2 Å². The summed E-state index contributed by atoms with van der Waals surface area (Å²) in [5.41, 5.74) is 2.59. The van der Waals surface area contributed by atoms with Gasteiger partial charge < -0.3 is 9.40 Å². The van der Waals surface area contributed by atoms with E-state index < -0.39 is 0 Å². The van der Waals surface area contributed by atoms with E-state index in [1.165, 1.54) is 28.3 Å². The number of aliphatic imine (C=N–C) groups is 1. The molecule has 31 heavy (non-hydrogen) atoms. The molecule has 0 aromatic carbocycles. The second-order valence-electron chi connectivity index (χ2n) is 8.81. The summed E-state index contributed by atoms with van der Waals surface area (Å²) < 4.78 is 5.80. The number of nitriles is 1. The molecular weight excluding hydrogens is 428 g/mol. The highest BCUT2D eigenvalue weighted by molar-refractivity contribution is 7.99. The SMILES string of the molecule is Cc1cc(=O)[nH]c(Sc2ccc(C=Nc3sc4c(c3C#N)CC[C@H](C(C)(C)C)C4)o2)n1. The molecule has 3 aromatic rings. The number of aromatic amines is 1. The smallest absolute Gasteiger partial charge is 0.251 e. The minimum absolute atomic E-state index is 0.192. The first-order valence-electron chi connectivity index (χ1n) is 10.2. The largest absolute Gasteiger partial charge is 0.448 e. The topological polar surface area (TPSA) is 95.0 Å². The highest BCUT2D eigenvalue weighted by Gasteiger charge is 2.32. The summed E-state index contributed by atoms with van der Waals surface area (Å²) >= 11 is 2.87. The monoisotopic (exact) mass is 452 g/mol. The van der Waals surface area contributed by atoms with E-state index in [1.807, 2.05) is 12.1 Å². The van der Waals surface area contributed by atoms with Crippen LogP contribution in [0.1, 0.15) is 54.7 Å².